The van der Waals surface area contributed by atoms with E-state index in [4.69, 9.17) is 0 Å². The lowest BCUT2D eigenvalue weighted by molar-refractivity contribution is -0.137. The summed E-state index contributed by atoms with van der Waals surface area (Å²) in [4.78, 5) is 0.0472. The number of sulfonamides is 1. The Balaban J connectivity index is 2.05. The maximum absolute atomic E-state index is 13.1. The third kappa shape index (κ3) is 4.61. The molecule has 0 saturated carbocycles. The summed E-state index contributed by atoms with van der Waals surface area (Å²) < 4.78 is 67.7. The third-order valence-corrected chi connectivity index (χ3v) is 5.72. The Kier molecular flexibility index (Phi) is 5.58. The van der Waals surface area contributed by atoms with Crippen molar-refractivity contribution >= 4 is 10.0 Å². The van der Waals surface area contributed by atoms with E-state index in [1.807, 2.05) is 6.92 Å². The van der Waals surface area contributed by atoms with Gasteiger partial charge in [0.25, 0.3) is 0 Å². The van der Waals surface area contributed by atoms with Gasteiger partial charge in [0.05, 0.1) is 16.5 Å². The Morgan fingerprint density at radius 1 is 0.821 bits per heavy atom. The maximum Gasteiger partial charge on any atom is 0.416 e. The quantitative estimate of drug-likeness (QED) is 0.643. The Morgan fingerprint density at radius 2 is 1.43 bits per heavy atom. The first-order valence-electron chi connectivity index (χ1n) is 8.48. The second kappa shape index (κ2) is 7.77. The summed E-state index contributed by atoms with van der Waals surface area (Å²) >= 11 is 0. The summed E-state index contributed by atoms with van der Waals surface area (Å²) in [6, 6.07) is 18.5. The first kappa shape index (κ1) is 20.1. The molecule has 3 rings (SSSR count). The van der Waals surface area contributed by atoms with Crippen LogP contribution in [0.1, 0.15) is 28.3 Å². The van der Waals surface area contributed by atoms with Crippen LogP contribution in [0.15, 0.2) is 83.8 Å². The Bertz CT molecular complexity index is 1050. The maximum atomic E-state index is 13.1. The lowest BCUT2D eigenvalue weighted by atomic mass is 9.98. The van der Waals surface area contributed by atoms with Crippen molar-refractivity contribution in [2.24, 2.45) is 0 Å². The number of hydrogen-bond acceptors (Lipinski definition) is 2. The smallest absolute Gasteiger partial charge is 0.207 e. The van der Waals surface area contributed by atoms with Gasteiger partial charge in [-0.2, -0.15) is 17.9 Å². The Hall–Kier alpha value is -2.64. The molecule has 0 heterocycles. The van der Waals surface area contributed by atoms with Crippen LogP contribution in [0.25, 0.3) is 0 Å². The number of hydrogen-bond donors (Lipinski definition) is 1. The first-order valence-corrected chi connectivity index (χ1v) is 9.96. The standard InChI is InChI=1S/C21H18F3NO2S/c1-15-10-12-19(13-11-15)28(26,27)25-20(16-6-3-2-4-7-16)17-8-5-9-18(14-17)21(22,23)24/h2-14,20,25H,1H3/t20-/m0/s1. The molecular formula is C21H18F3NO2S. The number of rotatable bonds is 5. The van der Waals surface area contributed by atoms with E-state index in [9.17, 15) is 21.6 Å². The molecule has 0 fully saturated rings. The van der Waals surface area contributed by atoms with Crippen molar-refractivity contribution in [1.29, 1.82) is 0 Å². The average molecular weight is 405 g/mol. The fourth-order valence-corrected chi connectivity index (χ4v) is 4.02. The van der Waals surface area contributed by atoms with Gasteiger partial charge in [-0.15, -0.1) is 0 Å². The van der Waals surface area contributed by atoms with Crippen molar-refractivity contribution in [3.63, 3.8) is 0 Å². The van der Waals surface area contributed by atoms with Gasteiger partial charge in [0.1, 0.15) is 0 Å². The normalized spacial score (nSPS) is 13.3. The van der Waals surface area contributed by atoms with Gasteiger partial charge in [0, 0.05) is 0 Å². The predicted octanol–water partition coefficient (Wildman–Crippen LogP) is 5.08. The van der Waals surface area contributed by atoms with Crippen molar-refractivity contribution in [3.05, 3.63) is 101 Å². The zero-order valence-electron chi connectivity index (χ0n) is 14.9. The van der Waals surface area contributed by atoms with Gasteiger partial charge in [0.15, 0.2) is 0 Å². The second-order valence-corrected chi connectivity index (χ2v) is 8.12. The molecule has 3 nitrogen and oxygen atoms in total. The number of halogens is 3. The van der Waals surface area contributed by atoms with Gasteiger partial charge in [-0.05, 0) is 42.3 Å². The molecule has 3 aromatic rings. The van der Waals surface area contributed by atoms with E-state index < -0.39 is 27.8 Å². The fraction of sp³-hybridized carbons (Fsp3) is 0.143. The molecule has 0 aliphatic heterocycles. The van der Waals surface area contributed by atoms with Gasteiger partial charge in [-0.25, -0.2) is 8.42 Å². The van der Waals surface area contributed by atoms with Crippen LogP contribution in [0, 0.1) is 6.92 Å². The van der Waals surface area contributed by atoms with Crippen LogP contribution in [0.5, 0.6) is 0 Å². The van der Waals surface area contributed by atoms with Crippen LogP contribution in [0.4, 0.5) is 13.2 Å². The molecule has 0 amide bonds. The molecule has 0 radical (unpaired) electrons. The van der Waals surface area contributed by atoms with Crippen LogP contribution in [-0.2, 0) is 16.2 Å². The van der Waals surface area contributed by atoms with E-state index in [-0.39, 0.29) is 10.5 Å². The molecular weight excluding hydrogens is 387 g/mol. The van der Waals surface area contributed by atoms with Crippen LogP contribution in [0.2, 0.25) is 0 Å². The molecule has 0 saturated heterocycles. The molecule has 7 heteroatoms. The van der Waals surface area contributed by atoms with Crippen molar-refractivity contribution < 1.29 is 21.6 Å². The van der Waals surface area contributed by atoms with Gasteiger partial charge < -0.3 is 0 Å². The topological polar surface area (TPSA) is 46.2 Å². The molecule has 28 heavy (non-hydrogen) atoms. The molecule has 0 aliphatic carbocycles. The molecule has 1 atom stereocenters. The van der Waals surface area contributed by atoms with Crippen molar-refractivity contribution in [3.8, 4) is 0 Å². The summed E-state index contributed by atoms with van der Waals surface area (Å²) in [5.41, 5.74) is 0.811. The number of benzene rings is 3. The molecule has 0 unspecified atom stereocenters. The number of nitrogens with one attached hydrogen (secondary N) is 1. The highest BCUT2D eigenvalue weighted by Crippen LogP contribution is 2.32. The van der Waals surface area contributed by atoms with Crippen LogP contribution < -0.4 is 4.72 Å². The minimum Gasteiger partial charge on any atom is -0.207 e. The second-order valence-electron chi connectivity index (χ2n) is 6.40. The van der Waals surface area contributed by atoms with Gasteiger partial charge in [-0.1, -0.05) is 60.2 Å². The van der Waals surface area contributed by atoms with Crippen molar-refractivity contribution in [2.45, 2.75) is 24.0 Å². The van der Waals surface area contributed by atoms with Crippen LogP contribution >= 0.6 is 0 Å². The van der Waals surface area contributed by atoms with Crippen molar-refractivity contribution in [1.82, 2.24) is 4.72 Å². The fourth-order valence-electron chi connectivity index (χ4n) is 2.81. The molecule has 1 N–H and O–H groups in total. The monoisotopic (exact) mass is 405 g/mol. The van der Waals surface area contributed by atoms with E-state index in [0.29, 0.717) is 5.56 Å². The Labute approximate surface area is 161 Å². The first-order chi connectivity index (χ1) is 13.2. The van der Waals surface area contributed by atoms with Gasteiger partial charge in [0.2, 0.25) is 10.0 Å². The molecule has 0 aliphatic rings. The molecule has 146 valence electrons. The highest BCUT2D eigenvalue weighted by atomic mass is 32.2. The lowest BCUT2D eigenvalue weighted by Crippen LogP contribution is -2.29. The molecule has 0 bridgehead atoms. The predicted molar refractivity (Wildman–Crippen MR) is 101 cm³/mol. The molecule has 0 spiro atoms. The van der Waals surface area contributed by atoms with Crippen LogP contribution in [-0.4, -0.2) is 8.42 Å². The summed E-state index contributed by atoms with van der Waals surface area (Å²) in [5, 5.41) is 0. The largest absolute Gasteiger partial charge is 0.416 e. The minimum atomic E-state index is -4.52. The average Bonchev–Trinajstić information content (AvgIpc) is 2.67. The summed E-state index contributed by atoms with van der Waals surface area (Å²) in [7, 11) is -3.95. The molecule has 0 aromatic heterocycles. The minimum absolute atomic E-state index is 0.0472. The van der Waals surface area contributed by atoms with E-state index in [1.54, 1.807) is 42.5 Å². The summed E-state index contributed by atoms with van der Waals surface area (Å²) in [6.45, 7) is 1.83. The highest BCUT2D eigenvalue weighted by molar-refractivity contribution is 7.89. The van der Waals surface area contributed by atoms with Crippen molar-refractivity contribution in [2.75, 3.05) is 0 Å². The van der Waals surface area contributed by atoms with Gasteiger partial charge in [-0.3, -0.25) is 0 Å². The summed E-state index contributed by atoms with van der Waals surface area (Å²) in [5.74, 6) is 0. The zero-order chi connectivity index (χ0) is 20.4. The van der Waals surface area contributed by atoms with E-state index in [2.05, 4.69) is 4.72 Å². The van der Waals surface area contributed by atoms with Gasteiger partial charge >= 0.3 is 6.18 Å². The molecule has 3 aromatic carbocycles. The number of aryl methyl sites for hydroxylation is 1. The van der Waals surface area contributed by atoms with Crippen LogP contribution in [0.3, 0.4) is 0 Å². The SMILES string of the molecule is Cc1ccc(S(=O)(=O)N[C@@H](c2ccccc2)c2cccc(C(F)(F)F)c2)cc1. The lowest BCUT2D eigenvalue weighted by Gasteiger charge is -2.21. The Morgan fingerprint density at radius 3 is 2.04 bits per heavy atom. The van der Waals surface area contributed by atoms with E-state index in [1.165, 1.54) is 24.3 Å². The third-order valence-electron chi connectivity index (χ3n) is 4.28. The summed E-state index contributed by atoms with van der Waals surface area (Å²) in [6.07, 6.45) is -4.52. The van der Waals surface area contributed by atoms with E-state index >= 15 is 0 Å². The number of alkyl halides is 3. The highest BCUT2D eigenvalue weighted by Gasteiger charge is 2.32. The zero-order valence-corrected chi connectivity index (χ0v) is 15.8. The van der Waals surface area contributed by atoms with E-state index in [0.717, 1.165) is 17.7 Å².